The number of nitrogens with two attached hydrogens (primary N) is 1. The molecule has 0 aromatic carbocycles. The fourth-order valence-corrected chi connectivity index (χ4v) is 1.50. The standard InChI is InChI=1S/C10H12ClN5/c1-6(2)7-3-4-16(15-7)9-5-8(11)13-10(12)14-9/h3-6H,1-2H3,(H2,12,13,14). The zero-order chi connectivity index (χ0) is 11.7. The van der Waals surface area contributed by atoms with E-state index in [0.717, 1.165) is 5.69 Å². The lowest BCUT2D eigenvalue weighted by Gasteiger charge is -2.02. The van der Waals surface area contributed by atoms with E-state index in [4.69, 9.17) is 17.3 Å². The number of rotatable bonds is 2. The molecule has 0 aliphatic heterocycles. The lowest BCUT2D eigenvalue weighted by atomic mass is 10.1. The monoisotopic (exact) mass is 237 g/mol. The van der Waals surface area contributed by atoms with E-state index in [2.05, 4.69) is 28.9 Å². The lowest BCUT2D eigenvalue weighted by Crippen LogP contribution is -2.04. The normalized spacial score (nSPS) is 11.0. The first-order chi connectivity index (χ1) is 7.56. The number of hydrogen-bond donors (Lipinski definition) is 1. The van der Waals surface area contributed by atoms with Crippen molar-refractivity contribution >= 4 is 17.5 Å². The molecule has 2 rings (SSSR count). The van der Waals surface area contributed by atoms with E-state index in [9.17, 15) is 0 Å². The third-order valence-electron chi connectivity index (χ3n) is 2.13. The van der Waals surface area contributed by atoms with Crippen LogP contribution in [-0.2, 0) is 0 Å². The molecule has 0 saturated heterocycles. The summed E-state index contributed by atoms with van der Waals surface area (Å²) >= 11 is 5.80. The van der Waals surface area contributed by atoms with Gasteiger partial charge in [0, 0.05) is 12.3 Å². The summed E-state index contributed by atoms with van der Waals surface area (Å²) in [5, 5.41) is 4.68. The van der Waals surface area contributed by atoms with E-state index in [1.165, 1.54) is 0 Å². The summed E-state index contributed by atoms with van der Waals surface area (Å²) < 4.78 is 1.64. The van der Waals surface area contributed by atoms with Crippen molar-refractivity contribution in [3.05, 3.63) is 29.2 Å². The van der Waals surface area contributed by atoms with E-state index < -0.39 is 0 Å². The predicted octanol–water partition coefficient (Wildman–Crippen LogP) is 2.02. The molecule has 2 N–H and O–H groups in total. The smallest absolute Gasteiger partial charge is 0.223 e. The summed E-state index contributed by atoms with van der Waals surface area (Å²) in [6, 6.07) is 3.56. The Morgan fingerprint density at radius 1 is 1.38 bits per heavy atom. The molecule has 0 bridgehead atoms. The SMILES string of the molecule is CC(C)c1ccn(-c2cc(Cl)nc(N)n2)n1. The molecule has 0 aliphatic carbocycles. The Morgan fingerprint density at radius 3 is 2.69 bits per heavy atom. The summed E-state index contributed by atoms with van der Waals surface area (Å²) in [4.78, 5) is 7.85. The first-order valence-electron chi connectivity index (χ1n) is 4.92. The van der Waals surface area contributed by atoms with Crippen LogP contribution in [0.25, 0.3) is 5.82 Å². The molecule has 0 unspecified atom stereocenters. The highest BCUT2D eigenvalue weighted by Gasteiger charge is 2.07. The van der Waals surface area contributed by atoms with Gasteiger partial charge in [0.15, 0.2) is 5.82 Å². The molecule has 5 nitrogen and oxygen atoms in total. The van der Waals surface area contributed by atoms with Crippen LogP contribution in [0.15, 0.2) is 18.3 Å². The first kappa shape index (κ1) is 10.9. The molecule has 0 amide bonds. The van der Waals surface area contributed by atoms with Gasteiger partial charge in [0.05, 0.1) is 5.69 Å². The lowest BCUT2D eigenvalue weighted by molar-refractivity contribution is 0.757. The molecule has 0 fully saturated rings. The minimum Gasteiger partial charge on any atom is -0.368 e. The fourth-order valence-electron chi connectivity index (χ4n) is 1.31. The zero-order valence-corrected chi connectivity index (χ0v) is 9.81. The van der Waals surface area contributed by atoms with Crippen molar-refractivity contribution in [1.82, 2.24) is 19.7 Å². The number of anilines is 1. The van der Waals surface area contributed by atoms with Gasteiger partial charge in [-0.15, -0.1) is 0 Å². The predicted molar refractivity (Wildman–Crippen MR) is 62.7 cm³/mol. The molecule has 2 heterocycles. The van der Waals surface area contributed by atoms with Crippen LogP contribution in [0, 0.1) is 0 Å². The molecule has 0 radical (unpaired) electrons. The number of hydrogen-bond acceptors (Lipinski definition) is 4. The highest BCUT2D eigenvalue weighted by molar-refractivity contribution is 6.29. The quantitative estimate of drug-likeness (QED) is 0.812. The summed E-state index contributed by atoms with van der Waals surface area (Å²) in [5.74, 6) is 1.09. The van der Waals surface area contributed by atoms with Gasteiger partial charge in [-0.1, -0.05) is 25.4 Å². The average Bonchev–Trinajstić information content (AvgIpc) is 2.64. The van der Waals surface area contributed by atoms with Crippen molar-refractivity contribution in [3.63, 3.8) is 0 Å². The third-order valence-corrected chi connectivity index (χ3v) is 2.33. The van der Waals surface area contributed by atoms with Crippen LogP contribution in [0.1, 0.15) is 25.5 Å². The minimum absolute atomic E-state index is 0.143. The Balaban J connectivity index is 2.42. The molecule has 0 atom stereocenters. The molecule has 2 aromatic rings. The Labute approximate surface area is 98.3 Å². The number of aromatic nitrogens is 4. The van der Waals surface area contributed by atoms with Crippen molar-refractivity contribution in [2.45, 2.75) is 19.8 Å². The van der Waals surface area contributed by atoms with Crippen molar-refractivity contribution in [3.8, 4) is 5.82 Å². The van der Waals surface area contributed by atoms with Crippen LogP contribution in [0.4, 0.5) is 5.95 Å². The van der Waals surface area contributed by atoms with Gasteiger partial charge in [-0.25, -0.2) is 9.67 Å². The number of nitrogens with zero attached hydrogens (tertiary/aromatic N) is 4. The Bertz CT molecular complexity index is 485. The largest absolute Gasteiger partial charge is 0.368 e. The van der Waals surface area contributed by atoms with E-state index in [1.54, 1.807) is 10.7 Å². The molecule has 84 valence electrons. The Kier molecular flexibility index (Phi) is 2.78. The molecule has 0 spiro atoms. The van der Waals surface area contributed by atoms with Crippen LogP contribution in [0.2, 0.25) is 5.15 Å². The van der Waals surface area contributed by atoms with Crippen LogP contribution in [0.5, 0.6) is 0 Å². The van der Waals surface area contributed by atoms with E-state index in [1.807, 2.05) is 12.3 Å². The van der Waals surface area contributed by atoms with Gasteiger partial charge in [0.2, 0.25) is 5.95 Å². The maximum atomic E-state index is 5.80. The summed E-state index contributed by atoms with van der Waals surface area (Å²) in [6.45, 7) is 4.15. The van der Waals surface area contributed by atoms with Gasteiger partial charge >= 0.3 is 0 Å². The van der Waals surface area contributed by atoms with Gasteiger partial charge in [-0.3, -0.25) is 0 Å². The second-order valence-electron chi connectivity index (χ2n) is 3.75. The maximum Gasteiger partial charge on any atom is 0.223 e. The van der Waals surface area contributed by atoms with Crippen LogP contribution in [-0.4, -0.2) is 19.7 Å². The molecule has 2 aromatic heterocycles. The highest BCUT2D eigenvalue weighted by atomic mass is 35.5. The molecule has 6 heteroatoms. The summed E-state index contributed by atoms with van der Waals surface area (Å²) in [5.41, 5.74) is 6.51. The van der Waals surface area contributed by atoms with Crippen LogP contribution >= 0.6 is 11.6 Å². The summed E-state index contributed by atoms with van der Waals surface area (Å²) in [6.07, 6.45) is 1.83. The second-order valence-corrected chi connectivity index (χ2v) is 4.13. The van der Waals surface area contributed by atoms with Crippen molar-refractivity contribution in [1.29, 1.82) is 0 Å². The van der Waals surface area contributed by atoms with Gasteiger partial charge in [-0.05, 0) is 12.0 Å². The zero-order valence-electron chi connectivity index (χ0n) is 9.05. The van der Waals surface area contributed by atoms with Crippen LogP contribution in [0.3, 0.4) is 0 Å². The third kappa shape index (κ3) is 2.14. The topological polar surface area (TPSA) is 69.6 Å². The Hall–Kier alpha value is -1.62. The van der Waals surface area contributed by atoms with Crippen molar-refractivity contribution in [2.75, 3.05) is 5.73 Å². The van der Waals surface area contributed by atoms with Crippen LogP contribution < -0.4 is 5.73 Å². The van der Waals surface area contributed by atoms with E-state index in [0.29, 0.717) is 16.9 Å². The molecule has 16 heavy (non-hydrogen) atoms. The molecule has 0 aliphatic rings. The number of halogens is 1. The molecular formula is C10H12ClN5. The fraction of sp³-hybridized carbons (Fsp3) is 0.300. The van der Waals surface area contributed by atoms with Gasteiger partial charge in [-0.2, -0.15) is 10.1 Å². The van der Waals surface area contributed by atoms with Gasteiger partial charge in [0.25, 0.3) is 0 Å². The maximum absolute atomic E-state index is 5.80. The first-order valence-corrected chi connectivity index (χ1v) is 5.30. The Morgan fingerprint density at radius 2 is 2.12 bits per heavy atom. The van der Waals surface area contributed by atoms with E-state index in [-0.39, 0.29) is 5.95 Å². The van der Waals surface area contributed by atoms with Crippen molar-refractivity contribution < 1.29 is 0 Å². The molecule has 0 saturated carbocycles. The minimum atomic E-state index is 0.143. The van der Waals surface area contributed by atoms with Gasteiger partial charge < -0.3 is 5.73 Å². The van der Waals surface area contributed by atoms with Gasteiger partial charge in [0.1, 0.15) is 5.15 Å². The molecular weight excluding hydrogens is 226 g/mol. The highest BCUT2D eigenvalue weighted by Crippen LogP contribution is 2.15. The number of nitrogen functional groups attached to an aromatic ring is 1. The van der Waals surface area contributed by atoms with Crippen molar-refractivity contribution in [2.24, 2.45) is 0 Å². The average molecular weight is 238 g/mol. The van der Waals surface area contributed by atoms with E-state index >= 15 is 0 Å². The second kappa shape index (κ2) is 4.09. The summed E-state index contributed by atoms with van der Waals surface area (Å²) in [7, 11) is 0.